The van der Waals surface area contributed by atoms with Gasteiger partial charge in [-0.15, -0.1) is 0 Å². The Balaban J connectivity index is 1.49. The third kappa shape index (κ3) is 6.45. The van der Waals surface area contributed by atoms with Crippen molar-refractivity contribution in [2.45, 2.75) is 58.0 Å². The Morgan fingerprint density at radius 2 is 1.86 bits per heavy atom. The molecule has 2 aliphatic rings. The minimum atomic E-state index is -0.401. The molecule has 0 atom stereocenters. The summed E-state index contributed by atoms with van der Waals surface area (Å²) in [6, 6.07) is 13.8. The Bertz CT molecular complexity index is 1080. The number of carbonyl (C=O) groups is 1. The van der Waals surface area contributed by atoms with Gasteiger partial charge >= 0.3 is 5.97 Å². The lowest BCUT2D eigenvalue weighted by atomic mass is 9.82. The number of esters is 1. The van der Waals surface area contributed by atoms with Crippen molar-refractivity contribution in [3.63, 3.8) is 0 Å². The van der Waals surface area contributed by atoms with Crippen LogP contribution in [-0.2, 0) is 16.0 Å². The molecule has 1 spiro atoms. The Kier molecular flexibility index (Phi) is 8.13. The molecular weight excluding hydrogens is 462 g/mol. The van der Waals surface area contributed by atoms with Gasteiger partial charge in [-0.1, -0.05) is 25.5 Å². The molecule has 0 saturated heterocycles. The lowest BCUT2D eigenvalue weighted by Crippen LogP contribution is -2.44. The number of thiocarbonyl (C=S) groups is 1. The maximum Gasteiger partial charge on any atom is 0.344 e. The van der Waals surface area contributed by atoms with Crippen molar-refractivity contribution < 1.29 is 19.0 Å². The van der Waals surface area contributed by atoms with Crippen molar-refractivity contribution >= 4 is 34.7 Å². The van der Waals surface area contributed by atoms with Crippen LogP contribution in [0.2, 0.25) is 0 Å². The van der Waals surface area contributed by atoms with Crippen molar-refractivity contribution in [3.8, 4) is 11.5 Å². The van der Waals surface area contributed by atoms with Crippen LogP contribution in [0.15, 0.2) is 48.5 Å². The highest BCUT2D eigenvalue weighted by Gasteiger charge is 2.37. The third-order valence-corrected chi connectivity index (χ3v) is 6.46. The molecule has 1 saturated carbocycles. The van der Waals surface area contributed by atoms with Crippen LogP contribution in [0.3, 0.4) is 0 Å². The predicted molar refractivity (Wildman–Crippen MR) is 141 cm³/mol. The van der Waals surface area contributed by atoms with Gasteiger partial charge in [-0.25, -0.2) is 4.79 Å². The van der Waals surface area contributed by atoms with Crippen LogP contribution >= 0.6 is 12.2 Å². The van der Waals surface area contributed by atoms with Crippen LogP contribution in [0.1, 0.15) is 57.1 Å². The molecule has 1 heterocycles. The number of carbonyl (C=O) groups excluding carboxylic acids is 1. The van der Waals surface area contributed by atoms with E-state index in [9.17, 15) is 4.79 Å². The zero-order valence-corrected chi connectivity index (χ0v) is 21.1. The molecule has 0 unspecified atom stereocenters. The summed E-state index contributed by atoms with van der Waals surface area (Å²) in [7, 11) is 0. The van der Waals surface area contributed by atoms with E-state index in [2.05, 4.69) is 41.3 Å². The topological polar surface area (TPSA) is 80.9 Å². The maximum absolute atomic E-state index is 11.7. The van der Waals surface area contributed by atoms with Gasteiger partial charge in [-0.3, -0.25) is 10.9 Å². The first-order valence-corrected chi connectivity index (χ1v) is 12.7. The fourth-order valence-electron chi connectivity index (χ4n) is 4.44. The average Bonchev–Trinajstić information content (AvgIpc) is 2.87. The summed E-state index contributed by atoms with van der Waals surface area (Å²) in [6.45, 7) is 4.07. The Morgan fingerprint density at radius 3 is 2.57 bits per heavy atom. The van der Waals surface area contributed by atoms with E-state index in [-0.39, 0.29) is 12.2 Å². The van der Waals surface area contributed by atoms with E-state index in [1.54, 1.807) is 6.92 Å². The Morgan fingerprint density at radius 1 is 1.09 bits per heavy atom. The SMILES string of the molecule is CCOC(=O)COc1ccc2c(c1)C(NNC(=S)Nc1ccc(CC)cc1)=CC1(CCCCC1)O2. The molecule has 0 aromatic heterocycles. The van der Waals surface area contributed by atoms with Gasteiger partial charge < -0.3 is 19.5 Å². The van der Waals surface area contributed by atoms with Gasteiger partial charge in [0.25, 0.3) is 0 Å². The van der Waals surface area contributed by atoms with E-state index in [0.717, 1.165) is 54.8 Å². The van der Waals surface area contributed by atoms with Crippen molar-refractivity contribution in [2.24, 2.45) is 0 Å². The number of fused-ring (bicyclic) bond motifs is 1. The van der Waals surface area contributed by atoms with Gasteiger partial charge in [0.2, 0.25) is 0 Å². The van der Waals surface area contributed by atoms with E-state index >= 15 is 0 Å². The van der Waals surface area contributed by atoms with Crippen LogP contribution in [0.25, 0.3) is 5.70 Å². The highest BCUT2D eigenvalue weighted by molar-refractivity contribution is 7.80. The molecule has 7 nitrogen and oxygen atoms in total. The summed E-state index contributed by atoms with van der Waals surface area (Å²) >= 11 is 5.51. The first-order chi connectivity index (χ1) is 17.0. The van der Waals surface area contributed by atoms with Crippen molar-refractivity contribution in [2.75, 3.05) is 18.5 Å². The summed E-state index contributed by atoms with van der Waals surface area (Å²) in [5.74, 6) is 0.933. The fourth-order valence-corrected chi connectivity index (χ4v) is 4.61. The molecule has 1 fully saturated rings. The van der Waals surface area contributed by atoms with Gasteiger partial charge in [-0.05, 0) is 93.2 Å². The maximum atomic E-state index is 11.7. The summed E-state index contributed by atoms with van der Waals surface area (Å²) in [5.41, 5.74) is 9.95. The average molecular weight is 496 g/mol. The summed E-state index contributed by atoms with van der Waals surface area (Å²) in [6.07, 6.45) is 8.54. The van der Waals surface area contributed by atoms with Crippen LogP contribution < -0.4 is 25.6 Å². The van der Waals surface area contributed by atoms with Gasteiger partial charge in [0.05, 0.1) is 12.3 Å². The molecule has 1 aliphatic carbocycles. The van der Waals surface area contributed by atoms with E-state index < -0.39 is 5.97 Å². The lowest BCUT2D eigenvalue weighted by molar-refractivity contribution is -0.145. The normalized spacial score (nSPS) is 15.8. The van der Waals surface area contributed by atoms with Crippen LogP contribution in [0.4, 0.5) is 5.69 Å². The molecule has 1 aliphatic heterocycles. The summed E-state index contributed by atoms with van der Waals surface area (Å²) in [5, 5.41) is 3.66. The standard InChI is InChI=1S/C27H33N3O4S/c1-3-19-8-10-20(11-9-19)28-26(35)30-29-23-17-27(14-6-5-7-15-27)34-24-13-12-21(16-22(23)24)33-18-25(31)32-4-2/h8-13,16-17,29H,3-7,14-15,18H2,1-2H3,(H2,28,30,35). The third-order valence-electron chi connectivity index (χ3n) is 6.25. The second kappa shape index (κ2) is 11.4. The molecule has 2 aromatic carbocycles. The summed E-state index contributed by atoms with van der Waals surface area (Å²) < 4.78 is 17.1. The number of anilines is 1. The largest absolute Gasteiger partial charge is 0.482 e. The highest BCUT2D eigenvalue weighted by Crippen LogP contribution is 2.43. The zero-order valence-electron chi connectivity index (χ0n) is 20.3. The predicted octanol–water partition coefficient (Wildman–Crippen LogP) is 5.12. The van der Waals surface area contributed by atoms with Crippen LogP contribution in [-0.4, -0.2) is 29.9 Å². The first-order valence-electron chi connectivity index (χ1n) is 12.3. The molecule has 3 N–H and O–H groups in total. The van der Waals surface area contributed by atoms with E-state index in [0.29, 0.717) is 17.5 Å². The van der Waals surface area contributed by atoms with Crippen molar-refractivity contribution in [3.05, 3.63) is 59.7 Å². The molecule has 0 radical (unpaired) electrons. The van der Waals surface area contributed by atoms with Crippen LogP contribution in [0, 0.1) is 0 Å². The smallest absolute Gasteiger partial charge is 0.344 e. The van der Waals surface area contributed by atoms with Gasteiger partial charge in [0, 0.05) is 11.3 Å². The number of benzene rings is 2. The first kappa shape index (κ1) is 24.9. The van der Waals surface area contributed by atoms with Crippen molar-refractivity contribution in [1.82, 2.24) is 10.9 Å². The van der Waals surface area contributed by atoms with Gasteiger partial charge in [-0.2, -0.15) is 0 Å². The Hall–Kier alpha value is -3.26. The second-order valence-corrected chi connectivity index (χ2v) is 9.20. The molecule has 4 rings (SSSR count). The minimum absolute atomic E-state index is 0.146. The highest BCUT2D eigenvalue weighted by atomic mass is 32.1. The molecule has 186 valence electrons. The molecule has 2 aromatic rings. The molecule has 0 bridgehead atoms. The quantitative estimate of drug-likeness (QED) is 0.265. The number of rotatable bonds is 8. The monoisotopic (exact) mass is 495 g/mol. The van der Waals surface area contributed by atoms with E-state index in [4.69, 9.17) is 26.4 Å². The number of aryl methyl sites for hydroxylation is 1. The minimum Gasteiger partial charge on any atom is -0.482 e. The van der Waals surface area contributed by atoms with E-state index in [1.807, 2.05) is 30.3 Å². The van der Waals surface area contributed by atoms with Crippen LogP contribution in [0.5, 0.6) is 11.5 Å². The zero-order chi connectivity index (χ0) is 24.7. The van der Waals surface area contributed by atoms with E-state index in [1.165, 1.54) is 12.0 Å². The fraction of sp³-hybridized carbons (Fsp3) is 0.407. The molecular formula is C27H33N3O4S. The number of hydrogen-bond acceptors (Lipinski definition) is 6. The number of hydrazine groups is 1. The number of ether oxygens (including phenoxy) is 3. The molecule has 35 heavy (non-hydrogen) atoms. The summed E-state index contributed by atoms with van der Waals surface area (Å²) in [4.78, 5) is 11.7. The molecule has 0 amide bonds. The van der Waals surface area contributed by atoms with Gasteiger partial charge in [0.1, 0.15) is 17.1 Å². The second-order valence-electron chi connectivity index (χ2n) is 8.79. The number of nitrogens with one attached hydrogen (secondary N) is 3. The molecule has 8 heteroatoms. The number of hydrogen-bond donors (Lipinski definition) is 3. The Labute approximate surface area is 212 Å². The van der Waals surface area contributed by atoms with Gasteiger partial charge in [0.15, 0.2) is 11.7 Å². The lowest BCUT2D eigenvalue weighted by Gasteiger charge is -2.39. The van der Waals surface area contributed by atoms with Crippen molar-refractivity contribution in [1.29, 1.82) is 0 Å².